The summed E-state index contributed by atoms with van der Waals surface area (Å²) in [6, 6.07) is 14.3. The second kappa shape index (κ2) is 5.35. The van der Waals surface area contributed by atoms with Gasteiger partial charge < -0.3 is 8.83 Å². The number of para-hydroxylation sites is 4. The number of oxazole rings is 2. The monoisotopic (exact) mass is 342 g/mol. The Labute approximate surface area is 146 Å². The van der Waals surface area contributed by atoms with Gasteiger partial charge in [-0.2, -0.15) is 0 Å². The first-order chi connectivity index (χ1) is 12.7. The lowest BCUT2D eigenvalue weighted by atomic mass is 9.97. The summed E-state index contributed by atoms with van der Waals surface area (Å²) in [5.41, 5.74) is 2.58. The molecule has 0 aliphatic heterocycles. The third-order valence-corrected chi connectivity index (χ3v) is 4.13. The minimum Gasteiger partial charge on any atom is -0.436 e. The van der Waals surface area contributed by atoms with Crippen LogP contribution in [0.1, 0.15) is 11.8 Å². The molecule has 6 heteroatoms. The highest BCUT2D eigenvalue weighted by atomic mass is 16.4. The van der Waals surface area contributed by atoms with Gasteiger partial charge in [0.05, 0.1) is 11.1 Å². The zero-order chi connectivity index (χ0) is 17.7. The molecule has 2 heterocycles. The third-order valence-electron chi connectivity index (χ3n) is 4.13. The topological polar surface area (TPSA) is 86.2 Å². The minimum absolute atomic E-state index is 0.117. The van der Waals surface area contributed by atoms with Crippen LogP contribution in [0.25, 0.3) is 33.3 Å². The summed E-state index contributed by atoms with van der Waals surface area (Å²) < 4.78 is 11.2. The molecule has 2 aromatic heterocycles. The van der Waals surface area contributed by atoms with Gasteiger partial charge in [0.2, 0.25) is 11.8 Å². The highest BCUT2D eigenvalue weighted by molar-refractivity contribution is 6.43. The van der Waals surface area contributed by atoms with Crippen molar-refractivity contribution >= 4 is 44.9 Å². The summed E-state index contributed by atoms with van der Waals surface area (Å²) in [5, 5.41) is 0. The number of fused-ring (bicyclic) bond motifs is 2. The lowest BCUT2D eigenvalue weighted by molar-refractivity contribution is -0.112. The van der Waals surface area contributed by atoms with E-state index in [1.807, 2.05) is 24.3 Å². The van der Waals surface area contributed by atoms with Crippen molar-refractivity contribution in [2.75, 3.05) is 0 Å². The van der Waals surface area contributed by atoms with Crippen molar-refractivity contribution < 1.29 is 18.4 Å². The van der Waals surface area contributed by atoms with Gasteiger partial charge in [0.25, 0.3) is 0 Å². The molecule has 124 valence electrons. The quantitative estimate of drug-likeness (QED) is 0.518. The molecule has 26 heavy (non-hydrogen) atoms. The SMILES string of the molecule is O=C1C=C(c2nc3ccccc3o2)C(=O)C=C1c1nc2ccccc2o1. The number of ketones is 2. The Hall–Kier alpha value is -3.80. The normalized spacial score (nSPS) is 14.8. The van der Waals surface area contributed by atoms with Gasteiger partial charge in [-0.05, 0) is 24.3 Å². The molecule has 0 saturated carbocycles. The van der Waals surface area contributed by atoms with E-state index in [-0.39, 0.29) is 34.5 Å². The highest BCUT2D eigenvalue weighted by Crippen LogP contribution is 2.29. The van der Waals surface area contributed by atoms with Crippen LogP contribution in [0.4, 0.5) is 0 Å². The molecule has 0 spiro atoms. The van der Waals surface area contributed by atoms with Crippen LogP contribution in [-0.4, -0.2) is 21.5 Å². The van der Waals surface area contributed by atoms with Crippen molar-refractivity contribution in [1.82, 2.24) is 9.97 Å². The van der Waals surface area contributed by atoms with Crippen LogP contribution in [0, 0.1) is 0 Å². The fourth-order valence-electron chi connectivity index (χ4n) is 2.87. The molecule has 1 aliphatic rings. The van der Waals surface area contributed by atoms with E-state index in [2.05, 4.69) is 9.97 Å². The third kappa shape index (κ3) is 2.20. The first kappa shape index (κ1) is 14.5. The molecule has 0 saturated heterocycles. The average molecular weight is 342 g/mol. The molecular weight excluding hydrogens is 332 g/mol. The number of allylic oxidation sites excluding steroid dienone is 4. The van der Waals surface area contributed by atoms with Crippen LogP contribution in [0.2, 0.25) is 0 Å². The molecule has 0 N–H and O–H groups in total. The second-order valence-corrected chi connectivity index (χ2v) is 5.82. The van der Waals surface area contributed by atoms with Crippen molar-refractivity contribution in [3.63, 3.8) is 0 Å². The zero-order valence-electron chi connectivity index (χ0n) is 13.3. The van der Waals surface area contributed by atoms with Crippen molar-refractivity contribution in [3.8, 4) is 0 Å². The first-order valence-electron chi connectivity index (χ1n) is 7.93. The maximum absolute atomic E-state index is 12.5. The maximum atomic E-state index is 12.5. The predicted octanol–water partition coefficient (Wildman–Crippen LogP) is 3.59. The zero-order valence-corrected chi connectivity index (χ0v) is 13.3. The van der Waals surface area contributed by atoms with E-state index in [1.54, 1.807) is 24.3 Å². The van der Waals surface area contributed by atoms with E-state index < -0.39 is 0 Å². The van der Waals surface area contributed by atoms with Gasteiger partial charge >= 0.3 is 0 Å². The Morgan fingerprint density at radius 3 is 1.46 bits per heavy atom. The molecular formula is C20H10N2O4. The summed E-state index contributed by atoms with van der Waals surface area (Å²) in [6.07, 6.45) is 2.44. The van der Waals surface area contributed by atoms with Crippen molar-refractivity contribution in [1.29, 1.82) is 0 Å². The number of benzene rings is 2. The maximum Gasteiger partial charge on any atom is 0.231 e. The van der Waals surface area contributed by atoms with Gasteiger partial charge in [-0.3, -0.25) is 9.59 Å². The number of carbonyl (C=O) groups excluding carboxylic acids is 2. The fourth-order valence-corrected chi connectivity index (χ4v) is 2.87. The van der Waals surface area contributed by atoms with Crippen molar-refractivity contribution in [2.24, 2.45) is 0 Å². The van der Waals surface area contributed by atoms with Gasteiger partial charge in [-0.25, -0.2) is 9.97 Å². The standard InChI is InChI=1S/C20H10N2O4/c23-15-10-12(20-22-14-6-2-4-8-18(14)26-20)16(24)9-11(15)19-21-13-5-1-3-7-17(13)25-19/h1-10H. The Morgan fingerprint density at radius 2 is 1.04 bits per heavy atom. The molecule has 6 nitrogen and oxygen atoms in total. The number of hydrogen-bond donors (Lipinski definition) is 0. The molecule has 0 radical (unpaired) electrons. The summed E-state index contributed by atoms with van der Waals surface area (Å²) in [6.45, 7) is 0. The Morgan fingerprint density at radius 1 is 0.615 bits per heavy atom. The van der Waals surface area contributed by atoms with Gasteiger partial charge in [0.15, 0.2) is 22.7 Å². The minimum atomic E-state index is -0.381. The van der Waals surface area contributed by atoms with Crippen molar-refractivity contribution in [3.05, 3.63) is 72.5 Å². The summed E-state index contributed by atoms with van der Waals surface area (Å²) in [4.78, 5) is 33.7. The number of carbonyl (C=O) groups is 2. The summed E-state index contributed by atoms with van der Waals surface area (Å²) >= 11 is 0. The van der Waals surface area contributed by atoms with Gasteiger partial charge in [0.1, 0.15) is 11.0 Å². The molecule has 0 bridgehead atoms. The molecule has 0 fully saturated rings. The Kier molecular flexibility index (Phi) is 2.99. The molecule has 0 amide bonds. The molecule has 2 aromatic carbocycles. The van der Waals surface area contributed by atoms with E-state index in [4.69, 9.17) is 8.83 Å². The number of nitrogens with zero attached hydrogens (tertiary/aromatic N) is 2. The number of aromatic nitrogens is 2. The van der Waals surface area contributed by atoms with Crippen LogP contribution >= 0.6 is 0 Å². The molecule has 1 aliphatic carbocycles. The van der Waals surface area contributed by atoms with E-state index in [0.29, 0.717) is 22.2 Å². The second-order valence-electron chi connectivity index (χ2n) is 5.82. The molecule has 4 aromatic rings. The van der Waals surface area contributed by atoms with E-state index in [1.165, 1.54) is 12.2 Å². The van der Waals surface area contributed by atoms with Crippen LogP contribution in [-0.2, 0) is 9.59 Å². The summed E-state index contributed by atoms with van der Waals surface area (Å²) in [5.74, 6) is -0.517. The smallest absolute Gasteiger partial charge is 0.231 e. The van der Waals surface area contributed by atoms with Crippen LogP contribution in [0.15, 0.2) is 69.5 Å². The molecule has 5 rings (SSSR count). The van der Waals surface area contributed by atoms with Crippen LogP contribution in [0.3, 0.4) is 0 Å². The van der Waals surface area contributed by atoms with E-state index in [9.17, 15) is 9.59 Å². The predicted molar refractivity (Wildman–Crippen MR) is 94.0 cm³/mol. The van der Waals surface area contributed by atoms with Gasteiger partial charge in [-0.15, -0.1) is 0 Å². The lowest BCUT2D eigenvalue weighted by Crippen LogP contribution is -2.12. The number of hydrogen-bond acceptors (Lipinski definition) is 6. The van der Waals surface area contributed by atoms with E-state index >= 15 is 0 Å². The van der Waals surface area contributed by atoms with Gasteiger partial charge in [-0.1, -0.05) is 24.3 Å². The van der Waals surface area contributed by atoms with Crippen molar-refractivity contribution in [2.45, 2.75) is 0 Å². The van der Waals surface area contributed by atoms with Gasteiger partial charge in [0, 0.05) is 12.2 Å². The van der Waals surface area contributed by atoms with Crippen LogP contribution < -0.4 is 0 Å². The fraction of sp³-hybridized carbons (Fsp3) is 0. The van der Waals surface area contributed by atoms with E-state index in [0.717, 1.165) is 0 Å². The molecule has 0 atom stereocenters. The first-order valence-corrected chi connectivity index (χ1v) is 7.93. The molecule has 0 unspecified atom stereocenters. The summed E-state index contributed by atoms with van der Waals surface area (Å²) in [7, 11) is 0. The van der Waals surface area contributed by atoms with Crippen LogP contribution in [0.5, 0.6) is 0 Å². The lowest BCUT2D eigenvalue weighted by Gasteiger charge is -2.07. The average Bonchev–Trinajstić information content (AvgIpc) is 3.26. The largest absolute Gasteiger partial charge is 0.436 e. The Bertz CT molecular complexity index is 1110. The number of rotatable bonds is 2. The Balaban J connectivity index is 1.56. The highest BCUT2D eigenvalue weighted by Gasteiger charge is 2.28.